The van der Waals surface area contributed by atoms with Crippen molar-refractivity contribution in [1.29, 1.82) is 0 Å². The molecule has 0 bridgehead atoms. The zero-order valence-electron chi connectivity index (χ0n) is 16.9. The molecule has 156 valence electrons. The van der Waals surface area contributed by atoms with Crippen LogP contribution < -0.4 is 10.6 Å². The lowest BCUT2D eigenvalue weighted by Crippen LogP contribution is -2.33. The van der Waals surface area contributed by atoms with Crippen LogP contribution in [0.2, 0.25) is 0 Å². The van der Waals surface area contributed by atoms with Crippen molar-refractivity contribution in [3.63, 3.8) is 0 Å². The van der Waals surface area contributed by atoms with E-state index >= 15 is 0 Å². The zero-order chi connectivity index (χ0) is 21.6. The quantitative estimate of drug-likeness (QED) is 0.444. The fourth-order valence-electron chi connectivity index (χ4n) is 3.11. The lowest BCUT2D eigenvalue weighted by atomic mass is 10.1. The van der Waals surface area contributed by atoms with E-state index in [-0.39, 0.29) is 11.7 Å². The number of carbonyl (C=O) groups is 1. The van der Waals surface area contributed by atoms with E-state index in [1.807, 2.05) is 54.6 Å². The van der Waals surface area contributed by atoms with Crippen molar-refractivity contribution in [3.05, 3.63) is 102 Å². The highest BCUT2D eigenvalue weighted by Gasteiger charge is 2.23. The molecule has 1 atom stereocenters. The average Bonchev–Trinajstić information content (AvgIpc) is 3.29. The zero-order valence-corrected chi connectivity index (χ0v) is 16.9. The Kier molecular flexibility index (Phi) is 6.03. The minimum atomic E-state index is -0.750. The largest absolute Gasteiger partial charge is 0.418 e. The predicted molar refractivity (Wildman–Crippen MR) is 116 cm³/mol. The molecule has 1 aromatic heterocycles. The van der Waals surface area contributed by atoms with Crippen LogP contribution in [0.25, 0.3) is 11.5 Å². The van der Waals surface area contributed by atoms with E-state index in [0.29, 0.717) is 17.1 Å². The van der Waals surface area contributed by atoms with E-state index in [1.165, 1.54) is 17.7 Å². The summed E-state index contributed by atoms with van der Waals surface area (Å²) >= 11 is 0. The summed E-state index contributed by atoms with van der Waals surface area (Å²) in [6, 6.07) is 21.5. The molecule has 7 heteroatoms. The molecule has 2 N–H and O–H groups in total. The Morgan fingerprint density at radius 3 is 2.35 bits per heavy atom. The number of carbonyl (C=O) groups excluding carboxylic acids is 1. The molecule has 2 amide bonds. The normalized spacial score (nSPS) is 11.7. The third-order valence-corrected chi connectivity index (χ3v) is 4.81. The molecule has 1 heterocycles. The van der Waals surface area contributed by atoms with Crippen LogP contribution in [0, 0.1) is 5.82 Å². The standard InChI is InChI=1S/C24H21FN4O2/c1-2-16-8-14-20(15-9-16)26-24(30)27-21(17-10-12-19(25)13-11-17)23-29-28-22(31-23)18-6-4-3-5-7-18/h3-15,21H,2H2,1H3,(H2,26,27,30)/t21-/m0/s1. The summed E-state index contributed by atoms with van der Waals surface area (Å²) in [5.41, 5.74) is 3.21. The SMILES string of the molecule is CCc1ccc(NC(=O)N[C@@H](c2ccc(F)cc2)c2nnc(-c3ccccc3)o2)cc1. The number of hydrogen-bond donors (Lipinski definition) is 2. The van der Waals surface area contributed by atoms with E-state index in [9.17, 15) is 9.18 Å². The molecular formula is C24H21FN4O2. The number of aromatic nitrogens is 2. The summed E-state index contributed by atoms with van der Waals surface area (Å²) in [6.07, 6.45) is 0.917. The lowest BCUT2D eigenvalue weighted by molar-refractivity contribution is 0.248. The first-order valence-corrected chi connectivity index (χ1v) is 9.93. The van der Waals surface area contributed by atoms with Crippen LogP contribution in [-0.2, 0) is 6.42 Å². The van der Waals surface area contributed by atoms with Gasteiger partial charge in [0.1, 0.15) is 11.9 Å². The molecule has 0 aliphatic rings. The van der Waals surface area contributed by atoms with Gasteiger partial charge in [0.05, 0.1) is 0 Å². The van der Waals surface area contributed by atoms with Gasteiger partial charge >= 0.3 is 6.03 Å². The van der Waals surface area contributed by atoms with Gasteiger partial charge in [0.15, 0.2) is 0 Å². The Balaban J connectivity index is 1.58. The summed E-state index contributed by atoms with van der Waals surface area (Å²) in [6.45, 7) is 2.07. The topological polar surface area (TPSA) is 80.0 Å². The number of anilines is 1. The summed E-state index contributed by atoms with van der Waals surface area (Å²) in [7, 11) is 0. The maximum absolute atomic E-state index is 13.4. The van der Waals surface area contributed by atoms with Crippen LogP contribution in [0.4, 0.5) is 14.9 Å². The van der Waals surface area contributed by atoms with Crippen molar-refractivity contribution in [2.75, 3.05) is 5.32 Å². The fraction of sp³-hybridized carbons (Fsp3) is 0.125. The molecule has 0 saturated heterocycles. The van der Waals surface area contributed by atoms with Gasteiger partial charge in [-0.15, -0.1) is 10.2 Å². The molecule has 0 radical (unpaired) electrons. The van der Waals surface area contributed by atoms with Gasteiger partial charge in [-0.05, 0) is 53.9 Å². The minimum Gasteiger partial charge on any atom is -0.418 e. The maximum Gasteiger partial charge on any atom is 0.320 e. The Hall–Kier alpha value is -4.00. The van der Waals surface area contributed by atoms with Crippen LogP contribution in [-0.4, -0.2) is 16.2 Å². The van der Waals surface area contributed by atoms with Gasteiger partial charge in [0.25, 0.3) is 0 Å². The van der Waals surface area contributed by atoms with Crippen molar-refractivity contribution in [2.24, 2.45) is 0 Å². The predicted octanol–water partition coefficient (Wildman–Crippen LogP) is 5.35. The van der Waals surface area contributed by atoms with Gasteiger partial charge in [-0.25, -0.2) is 9.18 Å². The first-order valence-electron chi connectivity index (χ1n) is 9.93. The summed E-state index contributed by atoms with van der Waals surface area (Å²) in [5.74, 6) is 0.153. The highest BCUT2D eigenvalue weighted by molar-refractivity contribution is 5.89. The van der Waals surface area contributed by atoms with Gasteiger partial charge in [-0.3, -0.25) is 0 Å². The first kappa shape index (κ1) is 20.3. The van der Waals surface area contributed by atoms with Crippen LogP contribution in [0.3, 0.4) is 0 Å². The molecule has 31 heavy (non-hydrogen) atoms. The van der Waals surface area contributed by atoms with Crippen LogP contribution in [0.15, 0.2) is 83.3 Å². The summed E-state index contributed by atoms with van der Waals surface area (Å²) in [5, 5.41) is 13.9. The molecule has 4 aromatic rings. The monoisotopic (exact) mass is 416 g/mol. The minimum absolute atomic E-state index is 0.196. The Bertz CT molecular complexity index is 1140. The smallest absolute Gasteiger partial charge is 0.320 e. The second-order valence-corrected chi connectivity index (χ2v) is 6.94. The molecule has 0 saturated carbocycles. The highest BCUT2D eigenvalue weighted by Crippen LogP contribution is 2.25. The summed E-state index contributed by atoms with van der Waals surface area (Å²) < 4.78 is 19.3. The van der Waals surface area contributed by atoms with Gasteiger partial charge in [0.2, 0.25) is 11.8 Å². The van der Waals surface area contributed by atoms with Gasteiger partial charge in [0, 0.05) is 11.3 Å². The van der Waals surface area contributed by atoms with Crippen molar-refractivity contribution in [3.8, 4) is 11.5 Å². The lowest BCUT2D eigenvalue weighted by Gasteiger charge is -2.16. The van der Waals surface area contributed by atoms with E-state index in [4.69, 9.17) is 4.42 Å². The molecule has 4 rings (SSSR count). The van der Waals surface area contributed by atoms with Crippen LogP contribution in [0.1, 0.15) is 30.0 Å². The van der Waals surface area contributed by atoms with E-state index < -0.39 is 12.1 Å². The Labute approximate surface area is 179 Å². The van der Waals surface area contributed by atoms with Crippen LogP contribution >= 0.6 is 0 Å². The van der Waals surface area contributed by atoms with Crippen molar-refractivity contribution < 1.29 is 13.6 Å². The van der Waals surface area contributed by atoms with Crippen molar-refractivity contribution in [1.82, 2.24) is 15.5 Å². The highest BCUT2D eigenvalue weighted by atomic mass is 19.1. The molecule has 0 aliphatic heterocycles. The number of nitrogens with zero attached hydrogens (tertiary/aromatic N) is 2. The average molecular weight is 416 g/mol. The maximum atomic E-state index is 13.4. The van der Waals surface area contributed by atoms with E-state index in [2.05, 4.69) is 27.8 Å². The van der Waals surface area contributed by atoms with E-state index in [0.717, 1.165) is 12.0 Å². The van der Waals surface area contributed by atoms with Gasteiger partial charge < -0.3 is 15.1 Å². The molecule has 0 fully saturated rings. The first-order chi connectivity index (χ1) is 15.1. The van der Waals surface area contributed by atoms with Gasteiger partial charge in [-0.1, -0.05) is 49.4 Å². The molecule has 0 unspecified atom stereocenters. The third kappa shape index (κ3) is 4.95. The number of nitrogens with one attached hydrogen (secondary N) is 2. The molecule has 3 aromatic carbocycles. The fourth-order valence-corrected chi connectivity index (χ4v) is 3.11. The second kappa shape index (κ2) is 9.21. The number of aryl methyl sites for hydroxylation is 1. The Morgan fingerprint density at radius 2 is 1.68 bits per heavy atom. The number of benzene rings is 3. The molecule has 6 nitrogen and oxygen atoms in total. The number of urea groups is 1. The van der Waals surface area contributed by atoms with Crippen molar-refractivity contribution >= 4 is 11.7 Å². The van der Waals surface area contributed by atoms with E-state index in [1.54, 1.807) is 12.1 Å². The number of halogens is 1. The molecule has 0 aliphatic carbocycles. The van der Waals surface area contributed by atoms with Gasteiger partial charge in [-0.2, -0.15) is 0 Å². The summed E-state index contributed by atoms with van der Waals surface area (Å²) in [4.78, 5) is 12.7. The number of rotatable bonds is 6. The number of hydrogen-bond acceptors (Lipinski definition) is 4. The second-order valence-electron chi connectivity index (χ2n) is 6.94. The Morgan fingerprint density at radius 1 is 0.968 bits per heavy atom. The molecular weight excluding hydrogens is 395 g/mol. The van der Waals surface area contributed by atoms with Crippen LogP contribution in [0.5, 0.6) is 0 Å². The van der Waals surface area contributed by atoms with Crippen molar-refractivity contribution in [2.45, 2.75) is 19.4 Å². The number of amides is 2. The third-order valence-electron chi connectivity index (χ3n) is 4.81. The molecule has 0 spiro atoms.